The van der Waals surface area contributed by atoms with Crippen LogP contribution in [0.25, 0.3) is 0 Å². The van der Waals surface area contributed by atoms with E-state index in [0.29, 0.717) is 5.56 Å². The Hall–Kier alpha value is -2.47. The number of nitro groups is 1. The van der Waals surface area contributed by atoms with Gasteiger partial charge in [-0.3, -0.25) is 14.9 Å². The fourth-order valence-corrected chi connectivity index (χ4v) is 2.02. The van der Waals surface area contributed by atoms with Crippen molar-refractivity contribution in [2.75, 3.05) is 5.32 Å². The average molecular weight is 309 g/mol. The van der Waals surface area contributed by atoms with Gasteiger partial charge in [0.15, 0.2) is 0 Å². The SMILES string of the molecule is Cc1cccc(F)c1NC(=O)c1ccc([N+](=O)[O-])c(Cl)c1. The summed E-state index contributed by atoms with van der Waals surface area (Å²) in [6.07, 6.45) is 0. The molecule has 0 spiro atoms. The molecule has 0 saturated carbocycles. The first kappa shape index (κ1) is 14.9. The van der Waals surface area contributed by atoms with Crippen molar-refractivity contribution in [1.29, 1.82) is 0 Å². The monoisotopic (exact) mass is 308 g/mol. The maximum atomic E-state index is 13.6. The Morgan fingerprint density at radius 2 is 2.05 bits per heavy atom. The third-order valence-corrected chi connectivity index (χ3v) is 3.17. The first-order chi connectivity index (χ1) is 9.90. The number of hydrogen-bond acceptors (Lipinski definition) is 3. The number of aryl methyl sites for hydroxylation is 1. The number of carbonyl (C=O) groups excluding carboxylic acids is 1. The summed E-state index contributed by atoms with van der Waals surface area (Å²) in [4.78, 5) is 22.1. The molecule has 0 aliphatic heterocycles. The number of para-hydroxylation sites is 1. The van der Waals surface area contributed by atoms with Crippen molar-refractivity contribution in [3.63, 3.8) is 0 Å². The molecule has 0 saturated heterocycles. The summed E-state index contributed by atoms with van der Waals surface area (Å²) in [6.45, 7) is 1.65. The molecular weight excluding hydrogens is 299 g/mol. The van der Waals surface area contributed by atoms with Crippen molar-refractivity contribution in [1.82, 2.24) is 0 Å². The summed E-state index contributed by atoms with van der Waals surface area (Å²) in [5.41, 5.74) is 0.442. The van der Waals surface area contributed by atoms with Gasteiger partial charge < -0.3 is 5.32 Å². The number of amides is 1. The molecule has 0 unspecified atom stereocenters. The van der Waals surface area contributed by atoms with E-state index >= 15 is 0 Å². The van der Waals surface area contributed by atoms with Gasteiger partial charge >= 0.3 is 0 Å². The summed E-state index contributed by atoms with van der Waals surface area (Å²) in [7, 11) is 0. The van der Waals surface area contributed by atoms with Crippen LogP contribution < -0.4 is 5.32 Å². The largest absolute Gasteiger partial charge is 0.319 e. The smallest absolute Gasteiger partial charge is 0.287 e. The molecule has 0 aliphatic carbocycles. The lowest BCUT2D eigenvalue weighted by Gasteiger charge is -2.09. The van der Waals surface area contributed by atoms with Crippen LogP contribution in [-0.4, -0.2) is 10.8 Å². The van der Waals surface area contributed by atoms with Crippen molar-refractivity contribution < 1.29 is 14.1 Å². The Bertz CT molecular complexity index is 714. The third-order valence-electron chi connectivity index (χ3n) is 2.87. The van der Waals surface area contributed by atoms with Gasteiger partial charge in [-0.25, -0.2) is 4.39 Å². The van der Waals surface area contributed by atoms with Crippen LogP contribution in [0.2, 0.25) is 5.02 Å². The maximum Gasteiger partial charge on any atom is 0.287 e. The summed E-state index contributed by atoms with van der Waals surface area (Å²) >= 11 is 5.74. The molecule has 0 radical (unpaired) electrons. The van der Waals surface area contributed by atoms with Gasteiger partial charge in [-0.1, -0.05) is 23.7 Å². The third kappa shape index (κ3) is 3.17. The molecule has 0 aromatic heterocycles. The van der Waals surface area contributed by atoms with Crippen LogP contribution in [0.3, 0.4) is 0 Å². The van der Waals surface area contributed by atoms with E-state index < -0.39 is 16.6 Å². The fourth-order valence-electron chi connectivity index (χ4n) is 1.77. The van der Waals surface area contributed by atoms with Gasteiger partial charge in [0.05, 0.1) is 10.6 Å². The Morgan fingerprint density at radius 3 is 2.62 bits per heavy atom. The van der Waals surface area contributed by atoms with E-state index in [0.717, 1.165) is 6.07 Å². The maximum absolute atomic E-state index is 13.6. The first-order valence-electron chi connectivity index (χ1n) is 5.90. The Labute approximate surface area is 124 Å². The minimum atomic E-state index is -0.648. The van der Waals surface area contributed by atoms with Crippen molar-refractivity contribution >= 4 is 28.9 Å². The van der Waals surface area contributed by atoms with E-state index in [9.17, 15) is 19.3 Å². The number of nitro benzene ring substituents is 1. The number of carbonyl (C=O) groups is 1. The van der Waals surface area contributed by atoms with Crippen molar-refractivity contribution in [2.24, 2.45) is 0 Å². The molecule has 0 aliphatic rings. The molecule has 1 N–H and O–H groups in total. The molecule has 5 nitrogen and oxygen atoms in total. The second-order valence-corrected chi connectivity index (χ2v) is 4.72. The van der Waals surface area contributed by atoms with Crippen molar-refractivity contribution in [3.8, 4) is 0 Å². The predicted molar refractivity (Wildman–Crippen MR) is 77.2 cm³/mol. The molecule has 2 aromatic rings. The quantitative estimate of drug-likeness (QED) is 0.689. The molecule has 7 heteroatoms. The molecule has 0 fully saturated rings. The van der Waals surface area contributed by atoms with E-state index in [1.54, 1.807) is 13.0 Å². The van der Waals surface area contributed by atoms with Crippen LogP contribution in [0.15, 0.2) is 36.4 Å². The summed E-state index contributed by atoms with van der Waals surface area (Å²) in [6, 6.07) is 7.97. The second kappa shape index (κ2) is 5.88. The minimum absolute atomic E-state index is 0.0666. The van der Waals surface area contributed by atoms with E-state index in [1.165, 1.54) is 24.3 Å². The predicted octanol–water partition coefficient (Wildman–Crippen LogP) is 3.95. The van der Waals surface area contributed by atoms with Gasteiger partial charge in [-0.2, -0.15) is 0 Å². The van der Waals surface area contributed by atoms with Crippen molar-refractivity contribution in [3.05, 3.63) is 68.5 Å². The normalized spacial score (nSPS) is 10.2. The highest BCUT2D eigenvalue weighted by Gasteiger charge is 2.16. The molecule has 0 heterocycles. The van der Waals surface area contributed by atoms with Crippen molar-refractivity contribution in [2.45, 2.75) is 6.92 Å². The standard InChI is InChI=1S/C14H10ClFN2O3/c1-8-3-2-4-11(16)13(8)17-14(19)9-5-6-12(18(20)21)10(15)7-9/h2-7H,1H3,(H,17,19). The Kier molecular flexibility index (Phi) is 4.18. The number of halogens is 2. The lowest BCUT2D eigenvalue weighted by atomic mass is 10.1. The number of nitrogens with zero attached hydrogens (tertiary/aromatic N) is 1. The topological polar surface area (TPSA) is 72.2 Å². The summed E-state index contributed by atoms with van der Waals surface area (Å²) in [5, 5.41) is 12.9. The van der Waals surface area contributed by atoms with Gasteiger partial charge in [-0.15, -0.1) is 0 Å². The highest BCUT2D eigenvalue weighted by molar-refractivity contribution is 6.33. The number of nitrogens with one attached hydrogen (secondary N) is 1. The van der Waals surface area contributed by atoms with Gasteiger partial charge in [0.1, 0.15) is 10.8 Å². The van der Waals surface area contributed by atoms with Gasteiger partial charge in [0, 0.05) is 11.6 Å². The highest BCUT2D eigenvalue weighted by atomic mass is 35.5. The Balaban J connectivity index is 2.29. The van der Waals surface area contributed by atoms with E-state index in [4.69, 9.17) is 11.6 Å². The molecular formula is C14H10ClFN2O3. The lowest BCUT2D eigenvalue weighted by Crippen LogP contribution is -2.14. The van der Waals surface area contributed by atoms with E-state index in [-0.39, 0.29) is 22.0 Å². The fraction of sp³-hybridized carbons (Fsp3) is 0.0714. The molecule has 0 atom stereocenters. The molecule has 1 amide bonds. The van der Waals surface area contributed by atoms with Crippen LogP contribution in [0.5, 0.6) is 0 Å². The highest BCUT2D eigenvalue weighted by Crippen LogP contribution is 2.26. The number of hydrogen-bond donors (Lipinski definition) is 1. The van der Waals surface area contributed by atoms with E-state index in [2.05, 4.69) is 5.32 Å². The van der Waals surface area contributed by atoms with Crippen LogP contribution in [-0.2, 0) is 0 Å². The number of anilines is 1. The molecule has 0 bridgehead atoms. The molecule has 2 rings (SSSR count). The molecule has 108 valence electrons. The van der Waals surface area contributed by atoms with Gasteiger partial charge in [0.25, 0.3) is 11.6 Å². The van der Waals surface area contributed by atoms with Gasteiger partial charge in [0.2, 0.25) is 0 Å². The average Bonchev–Trinajstić information content (AvgIpc) is 2.42. The lowest BCUT2D eigenvalue weighted by molar-refractivity contribution is -0.384. The van der Waals surface area contributed by atoms with Crippen LogP contribution in [0, 0.1) is 22.9 Å². The second-order valence-electron chi connectivity index (χ2n) is 4.31. The summed E-state index contributed by atoms with van der Waals surface area (Å²) < 4.78 is 13.6. The number of rotatable bonds is 3. The number of benzene rings is 2. The zero-order valence-electron chi connectivity index (χ0n) is 10.9. The Morgan fingerprint density at radius 1 is 1.33 bits per heavy atom. The van der Waals surface area contributed by atoms with Crippen LogP contribution >= 0.6 is 11.6 Å². The van der Waals surface area contributed by atoms with Gasteiger partial charge in [-0.05, 0) is 30.7 Å². The van der Waals surface area contributed by atoms with Crippen LogP contribution in [0.4, 0.5) is 15.8 Å². The first-order valence-corrected chi connectivity index (χ1v) is 6.28. The van der Waals surface area contributed by atoms with Crippen LogP contribution in [0.1, 0.15) is 15.9 Å². The summed E-state index contributed by atoms with van der Waals surface area (Å²) in [5.74, 6) is -1.16. The van der Waals surface area contributed by atoms with E-state index in [1.807, 2.05) is 0 Å². The zero-order chi connectivity index (χ0) is 15.6. The molecule has 2 aromatic carbocycles. The zero-order valence-corrected chi connectivity index (χ0v) is 11.6. The minimum Gasteiger partial charge on any atom is -0.319 e. The molecule has 21 heavy (non-hydrogen) atoms.